The van der Waals surface area contributed by atoms with Crippen LogP contribution in [0, 0.1) is 5.92 Å². The number of nitrogens with one attached hydrogen (secondary N) is 1. The molecule has 1 rings (SSSR count). The van der Waals surface area contributed by atoms with Crippen LogP contribution >= 0.6 is 0 Å². The number of phenolic OH excluding ortho intramolecular Hbond substituents is 1. The first-order valence-electron chi connectivity index (χ1n) is 5.50. The summed E-state index contributed by atoms with van der Waals surface area (Å²) >= 11 is 0. The molecule has 0 aliphatic heterocycles. The Bertz CT molecular complexity index is 514. The van der Waals surface area contributed by atoms with Gasteiger partial charge in [-0.15, -0.1) is 0 Å². The van der Waals surface area contributed by atoms with Gasteiger partial charge in [-0.3, -0.25) is 0 Å². The fraction of sp³-hybridized carbons (Fsp3) is 0.455. The summed E-state index contributed by atoms with van der Waals surface area (Å²) in [5.41, 5.74) is 5.42. The molecule has 102 valence electrons. The molecule has 1 atom stereocenters. The fourth-order valence-electron chi connectivity index (χ4n) is 1.21. The van der Waals surface area contributed by atoms with E-state index in [1.54, 1.807) is 13.8 Å². The third-order valence-electron chi connectivity index (χ3n) is 2.56. The molecule has 0 aliphatic rings. The highest BCUT2D eigenvalue weighted by molar-refractivity contribution is 7.89. The average molecular weight is 274 g/mol. The van der Waals surface area contributed by atoms with Gasteiger partial charge in [-0.25, -0.2) is 13.1 Å². The van der Waals surface area contributed by atoms with Gasteiger partial charge < -0.3 is 15.9 Å². The third kappa shape index (κ3) is 3.59. The normalized spacial score (nSPS) is 13.8. The maximum absolute atomic E-state index is 11.9. The summed E-state index contributed by atoms with van der Waals surface area (Å²) in [6, 6.07) is 3.62. The van der Waals surface area contributed by atoms with Crippen LogP contribution in [0.3, 0.4) is 0 Å². The van der Waals surface area contributed by atoms with E-state index in [1.807, 2.05) is 0 Å². The Morgan fingerprint density at radius 1 is 1.39 bits per heavy atom. The summed E-state index contributed by atoms with van der Waals surface area (Å²) in [6.07, 6.45) is -0.755. The van der Waals surface area contributed by atoms with Crippen molar-refractivity contribution in [1.82, 2.24) is 4.72 Å². The molecule has 0 aliphatic carbocycles. The minimum absolute atomic E-state index is 0.0118. The quantitative estimate of drug-likeness (QED) is 0.455. The van der Waals surface area contributed by atoms with E-state index in [0.717, 1.165) is 0 Å². The van der Waals surface area contributed by atoms with Gasteiger partial charge >= 0.3 is 0 Å². The van der Waals surface area contributed by atoms with Crippen LogP contribution in [0.25, 0.3) is 0 Å². The van der Waals surface area contributed by atoms with Crippen molar-refractivity contribution in [3.8, 4) is 5.75 Å². The van der Waals surface area contributed by atoms with Crippen LogP contribution in [0.2, 0.25) is 0 Å². The van der Waals surface area contributed by atoms with Crippen molar-refractivity contribution in [2.24, 2.45) is 5.92 Å². The highest BCUT2D eigenvalue weighted by atomic mass is 32.2. The van der Waals surface area contributed by atoms with Crippen molar-refractivity contribution in [2.45, 2.75) is 24.8 Å². The molecular formula is C11H18N2O4S. The zero-order valence-corrected chi connectivity index (χ0v) is 11.1. The number of rotatable bonds is 5. The highest BCUT2D eigenvalue weighted by Gasteiger charge is 2.18. The molecule has 0 fully saturated rings. The molecule has 5 N–H and O–H groups in total. The number of nitrogen functional groups attached to an aromatic ring is 1. The largest absolute Gasteiger partial charge is 0.506 e. The van der Waals surface area contributed by atoms with Crippen LogP contribution in [0.15, 0.2) is 23.1 Å². The van der Waals surface area contributed by atoms with E-state index in [4.69, 9.17) is 5.73 Å². The molecule has 0 spiro atoms. The Morgan fingerprint density at radius 2 is 2.00 bits per heavy atom. The Balaban J connectivity index is 2.83. The van der Waals surface area contributed by atoms with Gasteiger partial charge in [0.15, 0.2) is 0 Å². The smallest absolute Gasteiger partial charge is 0.240 e. The van der Waals surface area contributed by atoms with E-state index in [1.165, 1.54) is 18.2 Å². The SMILES string of the molecule is CC(C)C(O)CNS(=O)(=O)c1ccc(O)c(N)c1. The van der Waals surface area contributed by atoms with E-state index >= 15 is 0 Å². The molecule has 18 heavy (non-hydrogen) atoms. The van der Waals surface area contributed by atoms with Crippen LogP contribution in [0.1, 0.15) is 13.8 Å². The first kappa shape index (κ1) is 14.7. The second-order valence-corrected chi connectivity index (χ2v) is 6.15. The molecule has 6 nitrogen and oxygen atoms in total. The van der Waals surface area contributed by atoms with Crippen LogP contribution in [0.5, 0.6) is 5.75 Å². The van der Waals surface area contributed by atoms with Gasteiger partial charge in [-0.1, -0.05) is 13.8 Å². The maximum atomic E-state index is 11.9. The van der Waals surface area contributed by atoms with Crippen molar-refractivity contribution in [3.05, 3.63) is 18.2 Å². The summed E-state index contributed by atoms with van der Waals surface area (Å²) in [4.78, 5) is -0.0474. The van der Waals surface area contributed by atoms with Gasteiger partial charge in [-0.2, -0.15) is 0 Å². The van der Waals surface area contributed by atoms with E-state index < -0.39 is 16.1 Å². The maximum Gasteiger partial charge on any atom is 0.240 e. The predicted molar refractivity (Wildman–Crippen MR) is 68.6 cm³/mol. The number of anilines is 1. The molecule has 1 unspecified atom stereocenters. The minimum atomic E-state index is -3.73. The first-order valence-corrected chi connectivity index (χ1v) is 6.98. The van der Waals surface area contributed by atoms with Crippen molar-refractivity contribution < 1.29 is 18.6 Å². The number of sulfonamides is 1. The van der Waals surface area contributed by atoms with Gasteiger partial charge in [0.2, 0.25) is 10.0 Å². The number of aliphatic hydroxyl groups excluding tert-OH is 1. The first-order chi connectivity index (χ1) is 8.24. The summed E-state index contributed by atoms with van der Waals surface area (Å²) in [5, 5.41) is 18.8. The van der Waals surface area contributed by atoms with Crippen molar-refractivity contribution in [3.63, 3.8) is 0 Å². The molecule has 0 radical (unpaired) electrons. The van der Waals surface area contributed by atoms with E-state index in [-0.39, 0.29) is 28.8 Å². The number of aliphatic hydroxyl groups is 1. The molecule has 0 aromatic heterocycles. The van der Waals surface area contributed by atoms with Crippen molar-refractivity contribution in [1.29, 1.82) is 0 Å². The van der Waals surface area contributed by atoms with Crippen LogP contribution in [-0.2, 0) is 10.0 Å². The number of phenols is 1. The van der Waals surface area contributed by atoms with E-state index in [9.17, 15) is 18.6 Å². The Labute approximate surface area is 106 Å². The molecular weight excluding hydrogens is 256 g/mol. The Morgan fingerprint density at radius 3 is 2.50 bits per heavy atom. The molecule has 0 amide bonds. The summed E-state index contributed by atoms with van der Waals surface area (Å²) in [6.45, 7) is 3.51. The lowest BCUT2D eigenvalue weighted by atomic mass is 10.1. The highest BCUT2D eigenvalue weighted by Crippen LogP contribution is 2.22. The zero-order chi connectivity index (χ0) is 13.9. The Kier molecular flexibility index (Phi) is 4.55. The lowest BCUT2D eigenvalue weighted by molar-refractivity contribution is 0.129. The predicted octanol–water partition coefficient (Wildman–Crippen LogP) is 0.270. The lowest BCUT2D eigenvalue weighted by Gasteiger charge is -2.15. The van der Waals surface area contributed by atoms with Crippen LogP contribution < -0.4 is 10.5 Å². The number of hydrogen-bond donors (Lipinski definition) is 4. The number of hydrogen-bond acceptors (Lipinski definition) is 5. The summed E-state index contributed by atoms with van der Waals surface area (Å²) in [5.74, 6) is -0.214. The second-order valence-electron chi connectivity index (χ2n) is 4.38. The number of nitrogens with two attached hydrogens (primary N) is 1. The van der Waals surface area contributed by atoms with E-state index in [2.05, 4.69) is 4.72 Å². The van der Waals surface area contributed by atoms with Crippen LogP contribution in [0.4, 0.5) is 5.69 Å². The molecule has 1 aromatic carbocycles. The molecule has 0 saturated heterocycles. The van der Waals surface area contributed by atoms with E-state index in [0.29, 0.717) is 0 Å². The van der Waals surface area contributed by atoms with Gasteiger partial charge in [-0.05, 0) is 24.1 Å². The van der Waals surface area contributed by atoms with Gasteiger partial charge in [0.05, 0.1) is 16.7 Å². The summed E-state index contributed by atoms with van der Waals surface area (Å²) in [7, 11) is -3.73. The van der Waals surface area contributed by atoms with Crippen molar-refractivity contribution >= 4 is 15.7 Å². The third-order valence-corrected chi connectivity index (χ3v) is 3.98. The molecule has 1 aromatic rings. The monoisotopic (exact) mass is 274 g/mol. The second kappa shape index (κ2) is 5.55. The molecule has 7 heteroatoms. The lowest BCUT2D eigenvalue weighted by Crippen LogP contribution is -2.34. The van der Waals surface area contributed by atoms with Gasteiger partial charge in [0.25, 0.3) is 0 Å². The summed E-state index contributed by atoms with van der Waals surface area (Å²) < 4.78 is 26.0. The minimum Gasteiger partial charge on any atom is -0.506 e. The van der Waals surface area contributed by atoms with Gasteiger partial charge in [0, 0.05) is 6.54 Å². The average Bonchev–Trinajstić information content (AvgIpc) is 2.29. The fourth-order valence-corrected chi connectivity index (χ4v) is 2.30. The van der Waals surface area contributed by atoms with Gasteiger partial charge in [0.1, 0.15) is 5.75 Å². The topological polar surface area (TPSA) is 113 Å². The standard InChI is InChI=1S/C11H18N2O4S/c1-7(2)11(15)6-13-18(16,17)8-3-4-10(14)9(12)5-8/h3-5,7,11,13-15H,6,12H2,1-2H3. The molecule has 0 heterocycles. The van der Waals surface area contributed by atoms with Crippen LogP contribution in [-0.4, -0.2) is 31.3 Å². The number of benzene rings is 1. The molecule has 0 bridgehead atoms. The molecule has 0 saturated carbocycles. The number of aromatic hydroxyl groups is 1. The Hall–Kier alpha value is -1.31. The zero-order valence-electron chi connectivity index (χ0n) is 10.3. The van der Waals surface area contributed by atoms with Crippen molar-refractivity contribution in [2.75, 3.05) is 12.3 Å².